The molecule has 0 saturated carbocycles. The molecule has 4 aromatic rings. The maximum atomic E-state index is 13.1. The highest BCUT2D eigenvalue weighted by molar-refractivity contribution is 7.99. The second-order valence-corrected chi connectivity index (χ2v) is 9.16. The molecule has 6 heteroatoms. The third-order valence-corrected chi connectivity index (χ3v) is 7.05. The van der Waals surface area contributed by atoms with Crippen LogP contribution in [0, 0.1) is 0 Å². The van der Waals surface area contributed by atoms with E-state index in [1.165, 1.54) is 18.7 Å². The van der Waals surface area contributed by atoms with Crippen LogP contribution in [0.3, 0.4) is 0 Å². The van der Waals surface area contributed by atoms with Crippen molar-refractivity contribution >= 4 is 28.3 Å². The summed E-state index contributed by atoms with van der Waals surface area (Å²) in [5.41, 5.74) is 10.6. The summed E-state index contributed by atoms with van der Waals surface area (Å²) >= 11 is 1.44. The van der Waals surface area contributed by atoms with Crippen molar-refractivity contribution in [1.29, 1.82) is 0 Å². The van der Waals surface area contributed by atoms with Crippen molar-refractivity contribution in [3.8, 4) is 5.69 Å². The number of Topliss-reactive ketones (excluding diaryl/α,β-unsaturated/α-hetero) is 1. The number of thioether (sulfide) groups is 1. The van der Waals surface area contributed by atoms with Gasteiger partial charge in [0.15, 0.2) is 5.78 Å². The number of nitrogens with two attached hydrogens (primary N) is 1. The fourth-order valence-corrected chi connectivity index (χ4v) is 5.50. The minimum absolute atomic E-state index is 0.0299. The zero-order chi connectivity index (χ0) is 22.2. The summed E-state index contributed by atoms with van der Waals surface area (Å²) in [6.45, 7) is 1.53. The van der Waals surface area contributed by atoms with Crippen molar-refractivity contribution in [3.05, 3.63) is 99.6 Å². The van der Waals surface area contributed by atoms with Crippen LogP contribution in [-0.4, -0.2) is 15.3 Å². The Morgan fingerprint density at radius 2 is 1.84 bits per heavy atom. The molecule has 1 aliphatic rings. The Kier molecular flexibility index (Phi) is 5.41. The summed E-state index contributed by atoms with van der Waals surface area (Å²) in [6.07, 6.45) is 2.62. The van der Waals surface area contributed by atoms with Gasteiger partial charge >= 0.3 is 5.69 Å². The van der Waals surface area contributed by atoms with Gasteiger partial charge in [-0.15, -0.1) is 0 Å². The van der Waals surface area contributed by atoms with Gasteiger partial charge in [0, 0.05) is 16.8 Å². The molecule has 5 rings (SSSR count). The van der Waals surface area contributed by atoms with Crippen LogP contribution in [0.2, 0.25) is 0 Å². The molecule has 0 saturated heterocycles. The van der Waals surface area contributed by atoms with E-state index in [-0.39, 0.29) is 16.8 Å². The van der Waals surface area contributed by atoms with E-state index in [4.69, 9.17) is 5.73 Å². The highest BCUT2D eigenvalue weighted by Gasteiger charge is 2.25. The summed E-state index contributed by atoms with van der Waals surface area (Å²) in [5.74, 6) is -0.0299. The van der Waals surface area contributed by atoms with E-state index in [1.54, 1.807) is 22.8 Å². The first-order chi connectivity index (χ1) is 15.5. The third-order valence-electron chi connectivity index (χ3n) is 5.98. The topological polar surface area (TPSA) is 78.0 Å². The van der Waals surface area contributed by atoms with Gasteiger partial charge in [-0.1, -0.05) is 66.4 Å². The van der Waals surface area contributed by atoms with Crippen LogP contribution in [0.5, 0.6) is 0 Å². The summed E-state index contributed by atoms with van der Waals surface area (Å²) in [5, 5.41) is 2.62. The minimum Gasteiger partial charge on any atom is -0.315 e. The molecule has 1 atom stereocenters. The van der Waals surface area contributed by atoms with Crippen molar-refractivity contribution in [2.24, 2.45) is 5.73 Å². The first-order valence-corrected chi connectivity index (χ1v) is 11.6. The molecule has 0 radical (unpaired) electrons. The standard InChI is InChI=1S/C26H23N3O2S/c1-16(30)18-9-4-10-19(15-18)29-23-14-6-13-22(23)25(28-26(29)31)32-24(27)21-12-5-8-17-7-2-3-11-20(17)21/h2-5,7-12,15,24H,6,13-14,27H2,1H3/t24-/m0/s1. The summed E-state index contributed by atoms with van der Waals surface area (Å²) in [4.78, 5) is 29.4. The number of carbonyl (C=O) groups is 1. The molecule has 0 fully saturated rings. The van der Waals surface area contributed by atoms with Crippen molar-refractivity contribution in [1.82, 2.24) is 9.55 Å². The Hall–Kier alpha value is -3.22. The third kappa shape index (κ3) is 3.66. The van der Waals surface area contributed by atoms with Gasteiger partial charge in [0.25, 0.3) is 0 Å². The lowest BCUT2D eigenvalue weighted by Crippen LogP contribution is -2.26. The molecular weight excluding hydrogens is 418 g/mol. The normalized spacial score (nSPS) is 13.8. The number of fused-ring (bicyclic) bond motifs is 2. The second-order valence-electron chi connectivity index (χ2n) is 8.03. The van der Waals surface area contributed by atoms with E-state index in [1.807, 2.05) is 30.3 Å². The highest BCUT2D eigenvalue weighted by atomic mass is 32.2. The largest absolute Gasteiger partial charge is 0.353 e. The molecule has 160 valence electrons. The van der Waals surface area contributed by atoms with Gasteiger partial charge in [0.1, 0.15) is 5.03 Å². The Morgan fingerprint density at radius 1 is 1.06 bits per heavy atom. The lowest BCUT2D eigenvalue weighted by molar-refractivity contribution is 0.101. The van der Waals surface area contributed by atoms with Gasteiger partial charge < -0.3 is 5.73 Å². The van der Waals surface area contributed by atoms with Gasteiger partial charge in [0.2, 0.25) is 0 Å². The Morgan fingerprint density at radius 3 is 2.69 bits per heavy atom. The molecule has 0 spiro atoms. The van der Waals surface area contributed by atoms with E-state index in [0.29, 0.717) is 16.3 Å². The number of carbonyl (C=O) groups excluding carboxylic acids is 1. The van der Waals surface area contributed by atoms with E-state index in [9.17, 15) is 9.59 Å². The summed E-state index contributed by atoms with van der Waals surface area (Å²) in [6, 6.07) is 21.5. The molecule has 32 heavy (non-hydrogen) atoms. The number of rotatable bonds is 5. The van der Waals surface area contributed by atoms with Crippen molar-refractivity contribution in [2.45, 2.75) is 36.6 Å². The molecule has 2 N–H and O–H groups in total. The van der Waals surface area contributed by atoms with Crippen molar-refractivity contribution in [3.63, 3.8) is 0 Å². The van der Waals surface area contributed by atoms with Crippen LogP contribution >= 0.6 is 11.8 Å². The van der Waals surface area contributed by atoms with E-state index in [0.717, 1.165) is 46.9 Å². The van der Waals surface area contributed by atoms with Gasteiger partial charge in [-0.3, -0.25) is 9.36 Å². The molecule has 1 heterocycles. The maximum Gasteiger partial charge on any atom is 0.353 e. The van der Waals surface area contributed by atoms with Gasteiger partial charge in [0.05, 0.1) is 11.1 Å². The average molecular weight is 442 g/mol. The lowest BCUT2D eigenvalue weighted by Gasteiger charge is -2.18. The van der Waals surface area contributed by atoms with Gasteiger partial charge in [-0.25, -0.2) is 4.79 Å². The summed E-state index contributed by atoms with van der Waals surface area (Å²) in [7, 11) is 0. The van der Waals surface area contributed by atoms with E-state index in [2.05, 4.69) is 23.2 Å². The fraction of sp³-hybridized carbons (Fsp3) is 0.192. The first-order valence-electron chi connectivity index (χ1n) is 10.7. The molecule has 3 aromatic carbocycles. The first kappa shape index (κ1) is 20.7. The van der Waals surface area contributed by atoms with Crippen LogP contribution in [0.1, 0.15) is 45.9 Å². The number of aromatic nitrogens is 2. The maximum absolute atomic E-state index is 13.1. The summed E-state index contributed by atoms with van der Waals surface area (Å²) < 4.78 is 1.66. The average Bonchev–Trinajstić information content (AvgIpc) is 3.28. The van der Waals surface area contributed by atoms with E-state index >= 15 is 0 Å². The Bertz CT molecular complexity index is 1400. The smallest absolute Gasteiger partial charge is 0.315 e. The molecule has 0 unspecified atom stereocenters. The van der Waals surface area contributed by atoms with Crippen LogP contribution in [0.25, 0.3) is 16.5 Å². The lowest BCUT2D eigenvalue weighted by atomic mass is 10.0. The monoisotopic (exact) mass is 441 g/mol. The number of nitrogens with zero attached hydrogens (tertiary/aromatic N) is 2. The molecule has 0 bridgehead atoms. The SMILES string of the molecule is CC(=O)c1cccc(-n2c3c(c(S[C@H](N)c4cccc5ccccc45)nc2=O)CCC3)c1. The number of hydrogen-bond acceptors (Lipinski definition) is 5. The quantitative estimate of drug-likeness (QED) is 0.208. The zero-order valence-corrected chi connectivity index (χ0v) is 18.6. The van der Waals surface area contributed by atoms with Crippen molar-refractivity contribution < 1.29 is 4.79 Å². The van der Waals surface area contributed by atoms with Crippen LogP contribution in [0.15, 0.2) is 76.6 Å². The molecule has 0 amide bonds. The Labute approximate surface area is 190 Å². The Balaban J connectivity index is 1.56. The molecular formula is C26H23N3O2S. The highest BCUT2D eigenvalue weighted by Crippen LogP contribution is 2.38. The molecule has 1 aliphatic carbocycles. The van der Waals surface area contributed by atoms with Crippen molar-refractivity contribution in [2.75, 3.05) is 0 Å². The van der Waals surface area contributed by atoms with Gasteiger partial charge in [-0.2, -0.15) is 4.98 Å². The predicted molar refractivity (Wildman–Crippen MR) is 129 cm³/mol. The minimum atomic E-state index is -0.338. The van der Waals surface area contributed by atoms with Crippen LogP contribution in [0.4, 0.5) is 0 Å². The molecule has 5 nitrogen and oxygen atoms in total. The number of benzene rings is 3. The van der Waals surface area contributed by atoms with Gasteiger partial charge in [-0.05, 0) is 54.7 Å². The van der Waals surface area contributed by atoms with E-state index < -0.39 is 0 Å². The fourth-order valence-electron chi connectivity index (χ4n) is 4.43. The molecule has 1 aromatic heterocycles. The zero-order valence-electron chi connectivity index (χ0n) is 17.7. The van der Waals surface area contributed by atoms with Crippen LogP contribution in [-0.2, 0) is 12.8 Å². The molecule has 0 aliphatic heterocycles. The number of ketones is 1. The number of hydrogen-bond donors (Lipinski definition) is 1. The van der Waals surface area contributed by atoms with Crippen LogP contribution < -0.4 is 11.4 Å². The predicted octanol–water partition coefficient (Wildman–Crippen LogP) is 4.83. The second kappa shape index (κ2) is 8.37.